The molecule has 0 unspecified atom stereocenters. The Morgan fingerprint density at radius 1 is 0.455 bits per heavy atom. The van der Waals surface area contributed by atoms with Gasteiger partial charge in [0.25, 0.3) is 5.69 Å². The molecule has 40 nitrogen and oxygen atoms in total. The lowest BCUT2D eigenvalue weighted by Gasteiger charge is -2.26. The normalized spacial score (nSPS) is 13.8. The highest BCUT2D eigenvalue weighted by atomic mass is 16.6. The molecule has 0 saturated heterocycles. The van der Waals surface area contributed by atoms with E-state index in [0.717, 1.165) is 6.92 Å². The number of carbonyl (C=O) groups is 13. The van der Waals surface area contributed by atoms with Gasteiger partial charge in [-0.25, -0.2) is 0 Å². The fraction of sp³-hybridized carbons (Fsp3) is 0.557. The lowest BCUT2D eigenvalue weighted by Crippen LogP contribution is -2.60. The number of hydrogen-bond acceptors (Lipinski definition) is 22. The van der Waals surface area contributed by atoms with Crippen LogP contribution in [0.15, 0.2) is 64.6 Å². The first-order valence-electron chi connectivity index (χ1n) is 32.5. The van der Waals surface area contributed by atoms with E-state index < -0.39 is 168 Å². The zero-order valence-electron chi connectivity index (χ0n) is 56.7. The van der Waals surface area contributed by atoms with E-state index in [4.69, 9.17) is 40.1 Å². The van der Waals surface area contributed by atoms with E-state index in [-0.39, 0.29) is 102 Å². The molecule has 0 fully saturated rings. The van der Waals surface area contributed by atoms with Crippen molar-refractivity contribution < 1.29 is 77.5 Å². The minimum atomic E-state index is -1.74. The lowest BCUT2D eigenvalue weighted by atomic mass is 10.0. The van der Waals surface area contributed by atoms with Crippen molar-refractivity contribution in [2.75, 3.05) is 59.0 Å². The van der Waals surface area contributed by atoms with Gasteiger partial charge < -0.3 is 119 Å². The monoisotopic (exact) mass is 1430 g/mol. The van der Waals surface area contributed by atoms with E-state index in [1.807, 2.05) is 0 Å². The molecule has 29 N–H and O–H groups in total. The first-order valence-corrected chi connectivity index (χ1v) is 32.5. The number of nitrogens with zero attached hydrogens (tertiary/aromatic N) is 3. The second kappa shape index (κ2) is 47.3. The van der Waals surface area contributed by atoms with Gasteiger partial charge in [0.05, 0.1) is 43.8 Å². The number of amides is 13. The molecule has 0 heterocycles. The Balaban J connectivity index is 2.15. The average molecular weight is 1430 g/mol. The summed E-state index contributed by atoms with van der Waals surface area (Å²) < 4.78 is 0. The van der Waals surface area contributed by atoms with E-state index in [9.17, 15) is 82.7 Å². The summed E-state index contributed by atoms with van der Waals surface area (Å²) in [4.78, 5) is 191. The predicted molar refractivity (Wildman–Crippen MR) is 366 cm³/mol. The van der Waals surface area contributed by atoms with E-state index in [0.29, 0.717) is 36.9 Å². The van der Waals surface area contributed by atoms with E-state index >= 15 is 0 Å². The predicted octanol–water partition coefficient (Wildman–Crippen LogP) is -9.10. The number of carbonyl (C=O) groups excluding carboxylic acids is 13. The summed E-state index contributed by atoms with van der Waals surface area (Å²) in [6.45, 7) is 1.08. The molecule has 0 saturated carbocycles. The number of rotatable bonds is 49. The third-order valence-electron chi connectivity index (χ3n) is 14.8. The van der Waals surface area contributed by atoms with Gasteiger partial charge in [-0.1, -0.05) is 42.5 Å². The molecular weight excluding hydrogens is 1330 g/mol. The molecule has 40 heteroatoms. The number of nitrogens with one attached hydrogen (secondary N) is 13. The number of aliphatic hydroxyl groups excluding tert-OH is 2. The maximum atomic E-state index is 14.1. The smallest absolute Gasteiger partial charge is 0.269 e. The fourth-order valence-electron chi connectivity index (χ4n) is 9.21. The number of primary amides is 1. The standard InChI is InChI=1S/C61H99N23O17/c1-34(75-48(89)32-74-59(99)50(36(3)86)83-57(97)44(27-37-13-5-4-6-14-37)77-49(90)31-73-47(88)30-72-46(87)29-69-28-38-19-21-39(22-20-38)84(100)101)52(92)79-43(18-12-26-71-61(67)68)55(95)81-41(16-8-10-24-63)56(96)82-45(33-85)58(98)76-35(2)53(93)80-42(17-11-25-70-60(65)66)54(94)78-40(51(64)91)15-7-9-23-62/h4-6,13-14,19-22,34-36,40-45,50,69,85-86H,7-12,15-18,23-33,62-63H2,1-3H3,(H2,64,91)(H,72,87)(H,73,88)(H,74,99)(H,75,89)(H,76,98)(H,77,90)(H,78,94)(H,79,92)(H,80,93)(H,81,95)(H,82,96)(H,83,97)(H4,65,66,70)(H4,67,68,71)/t34-,35-,36+,40-,41-,42-,43-,44-,45-,50+/m0/s1. The zero-order valence-corrected chi connectivity index (χ0v) is 56.7. The Labute approximate surface area is 582 Å². The number of guanidine groups is 2. The van der Waals surface area contributed by atoms with Crippen molar-refractivity contribution in [3.05, 3.63) is 75.8 Å². The molecule has 0 aromatic heterocycles. The van der Waals surface area contributed by atoms with Crippen LogP contribution in [-0.4, -0.2) is 223 Å². The second-order valence-electron chi connectivity index (χ2n) is 23.2. The Morgan fingerprint density at radius 3 is 1.37 bits per heavy atom. The largest absolute Gasteiger partial charge is 0.394 e. The molecule has 2 rings (SSSR count). The Bertz CT molecular complexity index is 3140. The van der Waals surface area contributed by atoms with Gasteiger partial charge in [-0.3, -0.25) is 82.4 Å². The highest BCUT2D eigenvalue weighted by molar-refractivity contribution is 5.99. The van der Waals surface area contributed by atoms with Crippen molar-refractivity contribution in [3.8, 4) is 0 Å². The van der Waals surface area contributed by atoms with Crippen LogP contribution >= 0.6 is 0 Å². The quantitative estimate of drug-likeness (QED) is 0.00962. The number of nitrogens with two attached hydrogens (primary N) is 7. The fourth-order valence-corrected chi connectivity index (χ4v) is 9.21. The number of nitro groups is 1. The number of aliphatic imine (C=N–C) groups is 2. The van der Waals surface area contributed by atoms with Crippen molar-refractivity contribution in [1.29, 1.82) is 0 Å². The SMILES string of the molecule is C[C@H](NC(=O)CNC(=O)[C@H](NC(=O)[C@H](Cc1ccccc1)NC(=O)CNC(=O)CNC(=O)CNCc1ccc([N+](=O)[O-])cc1)[C@@H](C)O)C(=O)N[C@@H](CCCN=C(N)N)C(=O)N[C@@H](CCCCN)C(=O)N[C@@H](CO)C(=O)N[C@@H](C)C(=O)N[C@@H](CCCN=C(N)N)C(=O)N[C@@H](CCCCN)C(N)=O. The van der Waals surface area contributed by atoms with Gasteiger partial charge in [-0.05, 0) is 109 Å². The van der Waals surface area contributed by atoms with Crippen LogP contribution in [0.1, 0.15) is 96.1 Å². The first kappa shape index (κ1) is 86.4. The number of hydrogen-bond donors (Lipinski definition) is 22. The van der Waals surface area contributed by atoms with Crippen LogP contribution < -0.4 is 109 Å². The van der Waals surface area contributed by atoms with E-state index in [1.165, 1.54) is 38.1 Å². The summed E-state index contributed by atoms with van der Waals surface area (Å²) in [6, 6.07) is 0.898. The molecule has 0 spiro atoms. The third kappa shape index (κ3) is 35.6. The molecule has 0 aliphatic heterocycles. The van der Waals surface area contributed by atoms with Gasteiger partial charge in [0.2, 0.25) is 76.8 Å². The van der Waals surface area contributed by atoms with Crippen LogP contribution in [0.4, 0.5) is 5.69 Å². The van der Waals surface area contributed by atoms with Gasteiger partial charge in [-0.15, -0.1) is 0 Å². The Morgan fingerprint density at radius 2 is 0.881 bits per heavy atom. The van der Waals surface area contributed by atoms with Crippen LogP contribution in [0, 0.1) is 10.1 Å². The highest BCUT2D eigenvalue weighted by Crippen LogP contribution is 2.13. The summed E-state index contributed by atoms with van der Waals surface area (Å²) in [5, 5.41) is 63.7. The third-order valence-corrected chi connectivity index (χ3v) is 14.8. The molecule has 0 aliphatic rings. The van der Waals surface area contributed by atoms with Crippen molar-refractivity contribution in [2.24, 2.45) is 50.1 Å². The number of non-ortho nitro benzene ring substituents is 1. The minimum absolute atomic E-state index is 0.0330. The van der Waals surface area contributed by atoms with Crippen molar-refractivity contribution in [2.45, 2.75) is 158 Å². The average Bonchev–Trinajstić information content (AvgIpc) is 0.876. The maximum absolute atomic E-state index is 14.1. The summed E-state index contributed by atoms with van der Waals surface area (Å²) in [5.41, 5.74) is 39.7. The van der Waals surface area contributed by atoms with Gasteiger partial charge in [0.15, 0.2) is 11.9 Å². The Kier molecular flexibility index (Phi) is 40.5. The topological polar surface area (TPSA) is 669 Å². The van der Waals surface area contributed by atoms with Crippen LogP contribution in [-0.2, 0) is 75.3 Å². The molecule has 10 atom stereocenters. The van der Waals surface area contributed by atoms with Crippen LogP contribution in [0.3, 0.4) is 0 Å². The number of aliphatic hydroxyl groups is 2. The van der Waals surface area contributed by atoms with Gasteiger partial charge in [0, 0.05) is 38.2 Å². The van der Waals surface area contributed by atoms with Crippen LogP contribution in [0.2, 0.25) is 0 Å². The van der Waals surface area contributed by atoms with Gasteiger partial charge in [-0.2, -0.15) is 0 Å². The van der Waals surface area contributed by atoms with Crippen molar-refractivity contribution in [3.63, 3.8) is 0 Å². The summed E-state index contributed by atoms with van der Waals surface area (Å²) >= 11 is 0. The maximum Gasteiger partial charge on any atom is 0.269 e. The number of benzene rings is 2. The van der Waals surface area contributed by atoms with Crippen molar-refractivity contribution >= 4 is 94.4 Å². The van der Waals surface area contributed by atoms with Crippen LogP contribution in [0.25, 0.3) is 0 Å². The molecule has 0 bridgehead atoms. The van der Waals surface area contributed by atoms with E-state index in [2.05, 4.69) is 79.1 Å². The van der Waals surface area contributed by atoms with E-state index in [1.54, 1.807) is 30.3 Å². The molecule has 0 aliphatic carbocycles. The minimum Gasteiger partial charge on any atom is -0.394 e. The number of unbranched alkanes of at least 4 members (excludes halogenated alkanes) is 2. The molecular formula is C61H99N23O17. The zero-order chi connectivity index (χ0) is 75.6. The Hall–Kier alpha value is -10.7. The molecule has 13 amide bonds. The molecule has 101 heavy (non-hydrogen) atoms. The molecule has 2 aromatic rings. The summed E-state index contributed by atoms with van der Waals surface area (Å²) in [5.74, 6) is -12.2. The van der Waals surface area contributed by atoms with Crippen LogP contribution in [0.5, 0.6) is 0 Å². The highest BCUT2D eigenvalue weighted by Gasteiger charge is 2.34. The summed E-state index contributed by atoms with van der Waals surface area (Å²) in [6.07, 6.45) is -0.0668. The van der Waals surface area contributed by atoms with Gasteiger partial charge >= 0.3 is 0 Å². The summed E-state index contributed by atoms with van der Waals surface area (Å²) in [7, 11) is 0. The van der Waals surface area contributed by atoms with Gasteiger partial charge in [0.1, 0.15) is 54.4 Å². The first-order chi connectivity index (χ1) is 47.9. The number of nitro benzene ring substituents is 1. The molecule has 2 aromatic carbocycles. The molecule has 560 valence electrons. The lowest BCUT2D eigenvalue weighted by molar-refractivity contribution is -0.384. The molecule has 0 radical (unpaired) electrons. The second-order valence-corrected chi connectivity index (χ2v) is 23.2. The van der Waals surface area contributed by atoms with Crippen molar-refractivity contribution in [1.82, 2.24) is 69.1 Å².